The Balaban J connectivity index is 1.75. The fraction of sp³-hybridized carbons (Fsp3) is 0.211. The topological polar surface area (TPSA) is 92.5 Å². The molecule has 0 fully saturated rings. The zero-order valence-corrected chi connectivity index (χ0v) is 15.1. The van der Waals surface area contributed by atoms with Crippen molar-refractivity contribution in [3.05, 3.63) is 46.9 Å². The Labute approximate surface area is 153 Å². The number of rotatable bonds is 5. The minimum absolute atomic E-state index is 0.317. The first-order valence-electron chi connectivity index (χ1n) is 8.34. The second-order valence-corrected chi connectivity index (χ2v) is 5.78. The predicted octanol–water partition coefficient (Wildman–Crippen LogP) is 3.35. The summed E-state index contributed by atoms with van der Waals surface area (Å²) in [5.41, 5.74) is 2.54. The number of oxazole rings is 1. The average Bonchev–Trinajstić information content (AvgIpc) is 3.30. The van der Waals surface area contributed by atoms with Gasteiger partial charge in [-0.1, -0.05) is 5.16 Å². The molecule has 0 aliphatic heterocycles. The van der Waals surface area contributed by atoms with Gasteiger partial charge in [0.2, 0.25) is 5.82 Å². The van der Waals surface area contributed by atoms with Gasteiger partial charge < -0.3 is 18.4 Å². The maximum absolute atomic E-state index is 11.9. The van der Waals surface area contributed by atoms with Gasteiger partial charge in [0, 0.05) is 18.2 Å². The molecule has 4 rings (SSSR count). The fourth-order valence-corrected chi connectivity index (χ4v) is 2.93. The van der Waals surface area contributed by atoms with E-state index in [1.54, 1.807) is 43.1 Å². The highest BCUT2D eigenvalue weighted by molar-refractivity contribution is 5.79. The lowest BCUT2D eigenvalue weighted by atomic mass is 10.1. The summed E-state index contributed by atoms with van der Waals surface area (Å²) in [5, 5.41) is 4.04. The molecule has 27 heavy (non-hydrogen) atoms. The van der Waals surface area contributed by atoms with Gasteiger partial charge in [-0.3, -0.25) is 4.57 Å². The van der Waals surface area contributed by atoms with E-state index in [1.165, 1.54) is 0 Å². The van der Waals surface area contributed by atoms with Crippen LogP contribution in [0.1, 0.15) is 6.92 Å². The molecule has 0 aliphatic rings. The third kappa shape index (κ3) is 2.84. The smallest absolute Gasteiger partial charge is 0.419 e. The summed E-state index contributed by atoms with van der Waals surface area (Å²) in [6.45, 7) is 2.42. The first-order valence-corrected chi connectivity index (χ1v) is 8.34. The van der Waals surface area contributed by atoms with Crippen LogP contribution in [0.3, 0.4) is 0 Å². The van der Waals surface area contributed by atoms with Crippen LogP contribution in [-0.4, -0.2) is 28.9 Å². The second-order valence-electron chi connectivity index (χ2n) is 5.78. The number of nitrogens with zero attached hydrogens (tertiary/aromatic N) is 3. The lowest BCUT2D eigenvalue weighted by Crippen LogP contribution is -2.11. The third-order valence-electron chi connectivity index (χ3n) is 4.31. The number of hydrogen-bond donors (Lipinski definition) is 0. The SMILES string of the molecule is CCn1c(=O)oc2cc(-c3noc(-c4ccc(OC)cc4OC)n3)ccc21. The van der Waals surface area contributed by atoms with Crippen LogP contribution in [0.4, 0.5) is 0 Å². The molecule has 0 N–H and O–H groups in total. The van der Waals surface area contributed by atoms with E-state index < -0.39 is 0 Å². The number of hydrogen-bond acceptors (Lipinski definition) is 7. The van der Waals surface area contributed by atoms with Crippen molar-refractivity contribution in [2.45, 2.75) is 13.5 Å². The Bertz CT molecular complexity index is 1170. The highest BCUT2D eigenvalue weighted by Crippen LogP contribution is 2.33. The number of aryl methyl sites for hydroxylation is 1. The van der Waals surface area contributed by atoms with E-state index in [-0.39, 0.29) is 5.76 Å². The maximum atomic E-state index is 11.9. The maximum Gasteiger partial charge on any atom is 0.419 e. The minimum atomic E-state index is -0.388. The summed E-state index contributed by atoms with van der Waals surface area (Å²) < 4.78 is 22.8. The molecule has 2 aromatic heterocycles. The highest BCUT2D eigenvalue weighted by Gasteiger charge is 2.17. The molecule has 0 spiro atoms. The Morgan fingerprint density at radius 2 is 1.96 bits per heavy atom. The Morgan fingerprint density at radius 1 is 1.11 bits per heavy atom. The van der Waals surface area contributed by atoms with Gasteiger partial charge in [0.15, 0.2) is 5.58 Å². The summed E-state index contributed by atoms with van der Waals surface area (Å²) in [6, 6.07) is 10.7. The zero-order chi connectivity index (χ0) is 19.0. The molecule has 0 atom stereocenters. The normalized spacial score (nSPS) is 11.1. The molecule has 8 heteroatoms. The Kier molecular flexibility index (Phi) is 4.15. The fourth-order valence-electron chi connectivity index (χ4n) is 2.93. The number of fused-ring (bicyclic) bond motifs is 1. The van der Waals surface area contributed by atoms with Crippen molar-refractivity contribution in [1.82, 2.24) is 14.7 Å². The van der Waals surface area contributed by atoms with Gasteiger partial charge in [0.05, 0.1) is 25.3 Å². The van der Waals surface area contributed by atoms with E-state index in [0.717, 1.165) is 5.52 Å². The lowest BCUT2D eigenvalue weighted by molar-refractivity contribution is 0.391. The molecule has 8 nitrogen and oxygen atoms in total. The highest BCUT2D eigenvalue weighted by atomic mass is 16.5. The standard InChI is InChI=1S/C19H17N3O5/c1-4-22-14-8-5-11(9-16(14)26-19(22)23)17-20-18(27-21-17)13-7-6-12(24-2)10-15(13)25-3/h5-10H,4H2,1-3H3. The van der Waals surface area contributed by atoms with Gasteiger partial charge in [-0.2, -0.15) is 4.98 Å². The van der Waals surface area contributed by atoms with E-state index in [2.05, 4.69) is 10.1 Å². The molecular formula is C19H17N3O5. The van der Waals surface area contributed by atoms with Crippen molar-refractivity contribution in [1.29, 1.82) is 0 Å². The minimum Gasteiger partial charge on any atom is -0.497 e. The molecule has 0 saturated carbocycles. The van der Waals surface area contributed by atoms with Crippen molar-refractivity contribution in [3.8, 4) is 34.3 Å². The summed E-state index contributed by atoms with van der Waals surface area (Å²) in [7, 11) is 3.14. The summed E-state index contributed by atoms with van der Waals surface area (Å²) in [6.07, 6.45) is 0. The van der Waals surface area contributed by atoms with Crippen LogP contribution in [0.15, 0.2) is 50.1 Å². The molecule has 2 heterocycles. The molecule has 0 saturated heterocycles. The molecule has 4 aromatic rings. The Hall–Kier alpha value is -3.55. The van der Waals surface area contributed by atoms with Crippen molar-refractivity contribution in [2.24, 2.45) is 0 Å². The van der Waals surface area contributed by atoms with Crippen LogP contribution >= 0.6 is 0 Å². The third-order valence-corrected chi connectivity index (χ3v) is 4.31. The molecule has 0 radical (unpaired) electrons. The number of methoxy groups -OCH3 is 2. The van der Waals surface area contributed by atoms with Crippen LogP contribution in [0.5, 0.6) is 11.5 Å². The Morgan fingerprint density at radius 3 is 2.70 bits per heavy atom. The largest absolute Gasteiger partial charge is 0.497 e. The van der Waals surface area contributed by atoms with E-state index in [1.807, 2.05) is 19.1 Å². The van der Waals surface area contributed by atoms with Gasteiger partial charge in [0.1, 0.15) is 11.5 Å². The first kappa shape index (κ1) is 16.9. The van der Waals surface area contributed by atoms with Crippen LogP contribution < -0.4 is 15.2 Å². The first-order chi connectivity index (χ1) is 13.1. The summed E-state index contributed by atoms with van der Waals surface area (Å²) in [5.74, 6) is 1.54. The van der Waals surface area contributed by atoms with Crippen molar-refractivity contribution < 1.29 is 18.4 Å². The van der Waals surface area contributed by atoms with Crippen LogP contribution in [-0.2, 0) is 6.54 Å². The van der Waals surface area contributed by atoms with E-state index in [4.69, 9.17) is 18.4 Å². The molecule has 0 bridgehead atoms. The van der Waals surface area contributed by atoms with Crippen molar-refractivity contribution in [3.63, 3.8) is 0 Å². The zero-order valence-electron chi connectivity index (χ0n) is 15.1. The summed E-state index contributed by atoms with van der Waals surface area (Å²) in [4.78, 5) is 16.3. The van der Waals surface area contributed by atoms with E-state index in [9.17, 15) is 4.79 Å². The molecule has 0 unspecified atom stereocenters. The quantitative estimate of drug-likeness (QED) is 0.534. The number of aromatic nitrogens is 3. The molecule has 0 aliphatic carbocycles. The van der Waals surface area contributed by atoms with E-state index >= 15 is 0 Å². The molecule has 0 amide bonds. The number of benzene rings is 2. The predicted molar refractivity (Wildman–Crippen MR) is 98.0 cm³/mol. The summed E-state index contributed by atoms with van der Waals surface area (Å²) >= 11 is 0. The van der Waals surface area contributed by atoms with Crippen LogP contribution in [0.2, 0.25) is 0 Å². The monoisotopic (exact) mass is 367 g/mol. The van der Waals surface area contributed by atoms with Gasteiger partial charge >= 0.3 is 5.76 Å². The molecule has 138 valence electrons. The second kappa shape index (κ2) is 6.64. The van der Waals surface area contributed by atoms with Crippen molar-refractivity contribution in [2.75, 3.05) is 14.2 Å². The van der Waals surface area contributed by atoms with Crippen molar-refractivity contribution >= 4 is 11.1 Å². The van der Waals surface area contributed by atoms with Gasteiger partial charge in [0.25, 0.3) is 5.89 Å². The van der Waals surface area contributed by atoms with Gasteiger partial charge in [-0.05, 0) is 37.3 Å². The molecule has 2 aromatic carbocycles. The lowest BCUT2D eigenvalue weighted by Gasteiger charge is -2.06. The van der Waals surface area contributed by atoms with Gasteiger partial charge in [-0.15, -0.1) is 0 Å². The van der Waals surface area contributed by atoms with Gasteiger partial charge in [-0.25, -0.2) is 4.79 Å². The van der Waals surface area contributed by atoms with Crippen LogP contribution in [0.25, 0.3) is 33.9 Å². The van der Waals surface area contributed by atoms with E-state index in [0.29, 0.717) is 46.5 Å². The number of ether oxygens (including phenoxy) is 2. The molecular weight excluding hydrogens is 350 g/mol. The van der Waals surface area contributed by atoms with Crippen LogP contribution in [0, 0.1) is 0 Å². The average molecular weight is 367 g/mol.